The second-order valence-corrected chi connectivity index (χ2v) is 7.61. The molecule has 0 fully saturated rings. The zero-order chi connectivity index (χ0) is 19.7. The van der Waals surface area contributed by atoms with Crippen molar-refractivity contribution < 1.29 is 9.53 Å². The summed E-state index contributed by atoms with van der Waals surface area (Å²) in [5.74, 6) is 2.26. The average Bonchev–Trinajstić information content (AvgIpc) is 3.08. The van der Waals surface area contributed by atoms with Gasteiger partial charge in [0.2, 0.25) is 0 Å². The lowest BCUT2D eigenvalue weighted by molar-refractivity contribution is 0.0949. The minimum atomic E-state index is -0.0421. The minimum absolute atomic E-state index is 0.0421. The number of hydrogen-bond acceptors (Lipinski definition) is 4. The van der Waals surface area contributed by atoms with Crippen LogP contribution in [0.4, 0.5) is 5.69 Å². The van der Waals surface area contributed by atoms with Crippen molar-refractivity contribution in [2.75, 3.05) is 25.1 Å². The quantitative estimate of drug-likeness (QED) is 0.739. The SMILES string of the molecule is COc1cccc(N2CCn3c(nc4cc(C(=O)NCC(C)C)ccc43)C2)c1. The molecule has 146 valence electrons. The first-order chi connectivity index (χ1) is 13.5. The fourth-order valence-electron chi connectivity index (χ4n) is 3.59. The van der Waals surface area contributed by atoms with Gasteiger partial charge < -0.3 is 19.5 Å². The normalized spacial score (nSPS) is 13.6. The molecule has 2 heterocycles. The first kappa shape index (κ1) is 18.3. The number of nitrogens with one attached hydrogen (secondary N) is 1. The van der Waals surface area contributed by atoms with Gasteiger partial charge in [0, 0.05) is 37.0 Å². The van der Waals surface area contributed by atoms with E-state index >= 15 is 0 Å². The van der Waals surface area contributed by atoms with Crippen LogP contribution in [0.2, 0.25) is 0 Å². The Hall–Kier alpha value is -3.02. The maximum Gasteiger partial charge on any atom is 0.251 e. The van der Waals surface area contributed by atoms with Crippen molar-refractivity contribution in [3.63, 3.8) is 0 Å². The van der Waals surface area contributed by atoms with Crippen LogP contribution in [0.1, 0.15) is 30.0 Å². The highest BCUT2D eigenvalue weighted by Crippen LogP contribution is 2.27. The summed E-state index contributed by atoms with van der Waals surface area (Å²) in [4.78, 5) is 19.5. The minimum Gasteiger partial charge on any atom is -0.497 e. The van der Waals surface area contributed by atoms with E-state index in [0.717, 1.165) is 47.9 Å². The number of methoxy groups -OCH3 is 1. The standard InChI is InChI=1S/C22H26N4O2/c1-15(2)13-23-22(27)16-7-8-20-19(11-16)24-21-14-25(9-10-26(20)21)17-5-4-6-18(12-17)28-3/h4-8,11-12,15H,9-10,13-14H2,1-3H3,(H,23,27). The monoisotopic (exact) mass is 378 g/mol. The van der Waals surface area contributed by atoms with Gasteiger partial charge in [0.05, 0.1) is 24.7 Å². The van der Waals surface area contributed by atoms with Gasteiger partial charge in [0.25, 0.3) is 5.91 Å². The molecular weight excluding hydrogens is 352 g/mol. The molecule has 28 heavy (non-hydrogen) atoms. The van der Waals surface area contributed by atoms with E-state index in [1.807, 2.05) is 30.3 Å². The number of rotatable bonds is 5. The topological polar surface area (TPSA) is 59.4 Å². The van der Waals surface area contributed by atoms with Crippen molar-refractivity contribution in [2.24, 2.45) is 5.92 Å². The van der Waals surface area contributed by atoms with E-state index in [9.17, 15) is 4.79 Å². The van der Waals surface area contributed by atoms with Gasteiger partial charge in [-0.1, -0.05) is 19.9 Å². The van der Waals surface area contributed by atoms with E-state index in [-0.39, 0.29) is 5.91 Å². The van der Waals surface area contributed by atoms with Crippen molar-refractivity contribution in [1.82, 2.24) is 14.9 Å². The smallest absolute Gasteiger partial charge is 0.251 e. The van der Waals surface area contributed by atoms with Gasteiger partial charge in [0.1, 0.15) is 11.6 Å². The molecule has 0 saturated heterocycles. The van der Waals surface area contributed by atoms with E-state index in [1.54, 1.807) is 7.11 Å². The molecule has 6 heteroatoms. The van der Waals surface area contributed by atoms with Crippen molar-refractivity contribution >= 4 is 22.6 Å². The molecule has 1 aliphatic rings. The molecule has 6 nitrogen and oxygen atoms in total. The van der Waals surface area contributed by atoms with Crippen LogP contribution in [0.15, 0.2) is 42.5 Å². The summed E-state index contributed by atoms with van der Waals surface area (Å²) in [5.41, 5.74) is 3.75. The third kappa shape index (κ3) is 3.54. The Kier molecular flexibility index (Phi) is 4.94. The van der Waals surface area contributed by atoms with Crippen LogP contribution < -0.4 is 15.0 Å². The van der Waals surface area contributed by atoms with Crippen molar-refractivity contribution in [3.05, 3.63) is 53.9 Å². The summed E-state index contributed by atoms with van der Waals surface area (Å²) in [6, 6.07) is 13.9. The average molecular weight is 378 g/mol. The fraction of sp³-hybridized carbons (Fsp3) is 0.364. The summed E-state index contributed by atoms with van der Waals surface area (Å²) in [7, 11) is 1.68. The lowest BCUT2D eigenvalue weighted by Crippen LogP contribution is -2.33. The molecule has 0 radical (unpaired) electrons. The summed E-state index contributed by atoms with van der Waals surface area (Å²) < 4.78 is 7.60. The molecule has 0 saturated carbocycles. The Morgan fingerprint density at radius 1 is 1.21 bits per heavy atom. The molecular formula is C22H26N4O2. The number of ether oxygens (including phenoxy) is 1. The predicted octanol–water partition coefficient (Wildman–Crippen LogP) is 3.45. The predicted molar refractivity (Wildman–Crippen MR) is 111 cm³/mol. The third-order valence-corrected chi connectivity index (χ3v) is 5.10. The highest BCUT2D eigenvalue weighted by molar-refractivity contribution is 5.97. The zero-order valence-corrected chi connectivity index (χ0v) is 16.6. The van der Waals surface area contributed by atoms with Gasteiger partial charge >= 0.3 is 0 Å². The molecule has 0 atom stereocenters. The molecule has 1 aliphatic heterocycles. The zero-order valence-electron chi connectivity index (χ0n) is 16.6. The molecule has 1 aromatic heterocycles. The summed E-state index contributed by atoms with van der Waals surface area (Å²) in [6.45, 7) is 7.34. The number of aromatic nitrogens is 2. The number of amides is 1. The molecule has 0 spiro atoms. The Labute approximate surface area is 165 Å². The molecule has 2 aromatic carbocycles. The number of hydrogen-bond donors (Lipinski definition) is 1. The lowest BCUT2D eigenvalue weighted by atomic mass is 10.1. The fourth-order valence-corrected chi connectivity index (χ4v) is 3.59. The van der Waals surface area contributed by atoms with E-state index in [2.05, 4.69) is 40.8 Å². The highest BCUT2D eigenvalue weighted by atomic mass is 16.5. The van der Waals surface area contributed by atoms with Gasteiger partial charge in [-0.15, -0.1) is 0 Å². The highest BCUT2D eigenvalue weighted by Gasteiger charge is 2.21. The first-order valence-corrected chi connectivity index (χ1v) is 9.71. The van der Waals surface area contributed by atoms with Crippen LogP contribution in [0, 0.1) is 5.92 Å². The van der Waals surface area contributed by atoms with Gasteiger partial charge in [-0.3, -0.25) is 4.79 Å². The Bertz CT molecular complexity index is 1010. The van der Waals surface area contributed by atoms with Crippen LogP contribution in [0.25, 0.3) is 11.0 Å². The number of carbonyl (C=O) groups excluding carboxylic acids is 1. The van der Waals surface area contributed by atoms with Gasteiger partial charge in [-0.2, -0.15) is 0 Å². The van der Waals surface area contributed by atoms with Crippen LogP contribution in [0.3, 0.4) is 0 Å². The molecule has 0 unspecified atom stereocenters. The summed E-state index contributed by atoms with van der Waals surface area (Å²) in [6.07, 6.45) is 0. The maximum atomic E-state index is 12.4. The molecule has 1 amide bonds. The molecule has 1 N–H and O–H groups in total. The van der Waals surface area contributed by atoms with Gasteiger partial charge in [0.15, 0.2) is 0 Å². The van der Waals surface area contributed by atoms with E-state index < -0.39 is 0 Å². The van der Waals surface area contributed by atoms with Gasteiger partial charge in [-0.05, 0) is 36.2 Å². The number of anilines is 1. The lowest BCUT2D eigenvalue weighted by Gasteiger charge is -2.30. The molecule has 3 aromatic rings. The number of fused-ring (bicyclic) bond motifs is 3. The maximum absolute atomic E-state index is 12.4. The van der Waals surface area contributed by atoms with Crippen LogP contribution in [0.5, 0.6) is 5.75 Å². The van der Waals surface area contributed by atoms with E-state index in [1.165, 1.54) is 0 Å². The number of imidazole rings is 1. The molecule has 0 bridgehead atoms. The second kappa shape index (κ2) is 7.54. The number of nitrogens with zero attached hydrogens (tertiary/aromatic N) is 3. The molecule has 4 rings (SSSR count). The summed E-state index contributed by atoms with van der Waals surface area (Å²) in [5, 5.41) is 2.97. The largest absolute Gasteiger partial charge is 0.497 e. The van der Waals surface area contributed by atoms with Crippen LogP contribution in [-0.2, 0) is 13.1 Å². The Morgan fingerprint density at radius 3 is 2.86 bits per heavy atom. The van der Waals surface area contributed by atoms with E-state index in [4.69, 9.17) is 9.72 Å². The van der Waals surface area contributed by atoms with Crippen LogP contribution >= 0.6 is 0 Å². The van der Waals surface area contributed by atoms with Crippen molar-refractivity contribution in [3.8, 4) is 5.75 Å². The Balaban J connectivity index is 1.58. The van der Waals surface area contributed by atoms with E-state index in [0.29, 0.717) is 18.0 Å². The van der Waals surface area contributed by atoms with Crippen molar-refractivity contribution in [2.45, 2.75) is 26.9 Å². The third-order valence-electron chi connectivity index (χ3n) is 5.10. The van der Waals surface area contributed by atoms with Crippen LogP contribution in [-0.4, -0.2) is 35.7 Å². The molecule has 0 aliphatic carbocycles. The first-order valence-electron chi connectivity index (χ1n) is 9.71. The number of benzene rings is 2. The second-order valence-electron chi connectivity index (χ2n) is 7.61. The number of carbonyl (C=O) groups is 1. The Morgan fingerprint density at radius 2 is 2.07 bits per heavy atom. The van der Waals surface area contributed by atoms with Crippen molar-refractivity contribution in [1.29, 1.82) is 0 Å². The van der Waals surface area contributed by atoms with Gasteiger partial charge in [-0.25, -0.2) is 4.98 Å². The summed E-state index contributed by atoms with van der Waals surface area (Å²) >= 11 is 0.